The quantitative estimate of drug-likeness (QED) is 0.778. The van der Waals surface area contributed by atoms with E-state index in [2.05, 4.69) is 22.6 Å². The van der Waals surface area contributed by atoms with Crippen LogP contribution in [-0.4, -0.2) is 37.1 Å². The van der Waals surface area contributed by atoms with Crippen LogP contribution in [0.5, 0.6) is 0 Å². The maximum Gasteiger partial charge on any atom is 0.254 e. The molecule has 16 heavy (non-hydrogen) atoms. The molecule has 1 aliphatic heterocycles. The molecule has 1 amide bonds. The Hall–Kier alpha value is -0.620. The number of halogens is 1. The molecule has 0 bridgehead atoms. The second-order valence-corrected chi connectivity index (χ2v) is 5.08. The molecule has 0 spiro atoms. The minimum absolute atomic E-state index is 0.0838. The van der Waals surface area contributed by atoms with Crippen LogP contribution in [-0.2, 0) is 4.74 Å². The number of benzene rings is 1. The van der Waals surface area contributed by atoms with E-state index < -0.39 is 0 Å². The number of hydrogen-bond acceptors (Lipinski definition) is 2. The van der Waals surface area contributed by atoms with Gasteiger partial charge in [-0.15, -0.1) is 0 Å². The zero-order valence-electron chi connectivity index (χ0n) is 9.15. The first-order valence-electron chi connectivity index (χ1n) is 5.29. The van der Waals surface area contributed by atoms with Crippen LogP contribution in [0.15, 0.2) is 24.3 Å². The predicted molar refractivity (Wildman–Crippen MR) is 70.5 cm³/mol. The van der Waals surface area contributed by atoms with Crippen molar-refractivity contribution in [2.24, 2.45) is 0 Å². The molecule has 1 aromatic rings. The molecule has 1 saturated heterocycles. The Balaban J connectivity index is 2.15. The Labute approximate surface area is 109 Å². The first-order valence-corrected chi connectivity index (χ1v) is 6.37. The minimum atomic E-state index is 0.0838. The highest BCUT2D eigenvalue weighted by atomic mass is 127. The Bertz CT molecular complexity index is 388. The van der Waals surface area contributed by atoms with E-state index in [9.17, 15) is 4.79 Å². The number of rotatable bonds is 2. The normalized spacial score (nSPS) is 19.8. The maximum atomic E-state index is 12.2. The third kappa shape index (κ3) is 2.38. The Kier molecular flexibility index (Phi) is 3.81. The van der Waals surface area contributed by atoms with Gasteiger partial charge in [0.15, 0.2) is 0 Å². The minimum Gasteiger partial charge on any atom is -0.379 e. The average Bonchev–Trinajstić information content (AvgIpc) is 2.81. The van der Waals surface area contributed by atoms with Crippen LogP contribution in [0.3, 0.4) is 0 Å². The SMILES string of the molecule is CN(C(=O)c1ccccc1I)C1CCOC1. The van der Waals surface area contributed by atoms with Gasteiger partial charge in [-0.25, -0.2) is 0 Å². The van der Waals surface area contributed by atoms with Crippen LogP contribution in [0.1, 0.15) is 16.8 Å². The molecule has 0 aromatic heterocycles. The molecular weight excluding hydrogens is 317 g/mol. The van der Waals surface area contributed by atoms with Gasteiger partial charge in [-0.1, -0.05) is 12.1 Å². The summed E-state index contributed by atoms with van der Waals surface area (Å²) >= 11 is 2.19. The number of carbonyl (C=O) groups is 1. The van der Waals surface area contributed by atoms with Crippen LogP contribution in [0, 0.1) is 3.57 Å². The summed E-state index contributed by atoms with van der Waals surface area (Å²) in [5.74, 6) is 0.0838. The second kappa shape index (κ2) is 5.14. The molecule has 0 aliphatic carbocycles. The molecule has 4 heteroatoms. The summed E-state index contributed by atoms with van der Waals surface area (Å²) in [4.78, 5) is 14.0. The van der Waals surface area contributed by atoms with Crippen molar-refractivity contribution in [3.8, 4) is 0 Å². The Morgan fingerprint density at radius 3 is 2.88 bits per heavy atom. The third-order valence-corrected chi connectivity index (χ3v) is 3.82. The van der Waals surface area contributed by atoms with Crippen LogP contribution in [0.25, 0.3) is 0 Å². The van der Waals surface area contributed by atoms with E-state index in [1.165, 1.54) is 0 Å². The summed E-state index contributed by atoms with van der Waals surface area (Å²) in [5, 5.41) is 0. The number of nitrogens with zero attached hydrogens (tertiary/aromatic N) is 1. The van der Waals surface area contributed by atoms with Gasteiger partial charge < -0.3 is 9.64 Å². The smallest absolute Gasteiger partial charge is 0.254 e. The van der Waals surface area contributed by atoms with Gasteiger partial charge in [0.25, 0.3) is 5.91 Å². The van der Waals surface area contributed by atoms with Crippen LogP contribution in [0.2, 0.25) is 0 Å². The lowest BCUT2D eigenvalue weighted by Gasteiger charge is -2.23. The highest BCUT2D eigenvalue weighted by Gasteiger charge is 2.25. The lowest BCUT2D eigenvalue weighted by molar-refractivity contribution is 0.0710. The zero-order chi connectivity index (χ0) is 11.5. The van der Waals surface area contributed by atoms with Gasteiger partial charge in [-0.2, -0.15) is 0 Å². The first-order chi connectivity index (χ1) is 7.70. The molecule has 1 heterocycles. The maximum absolute atomic E-state index is 12.2. The van der Waals surface area contributed by atoms with E-state index in [-0.39, 0.29) is 11.9 Å². The van der Waals surface area contributed by atoms with E-state index in [1.54, 1.807) is 4.90 Å². The van der Waals surface area contributed by atoms with Crippen molar-refractivity contribution >= 4 is 28.5 Å². The average molecular weight is 331 g/mol. The summed E-state index contributed by atoms with van der Waals surface area (Å²) in [6.07, 6.45) is 0.936. The summed E-state index contributed by atoms with van der Waals surface area (Å²) in [6, 6.07) is 7.89. The summed E-state index contributed by atoms with van der Waals surface area (Å²) in [7, 11) is 1.85. The van der Waals surface area contributed by atoms with Crippen molar-refractivity contribution in [3.63, 3.8) is 0 Å². The number of likely N-dealkylation sites (N-methyl/N-ethyl adjacent to an activating group) is 1. The standard InChI is InChI=1S/C12H14INO2/c1-14(9-6-7-16-8-9)12(15)10-4-2-3-5-11(10)13/h2-5,9H,6-8H2,1H3. The van der Waals surface area contributed by atoms with Gasteiger partial charge in [0.2, 0.25) is 0 Å². The molecule has 1 aliphatic rings. The molecule has 3 nitrogen and oxygen atoms in total. The zero-order valence-corrected chi connectivity index (χ0v) is 11.3. The Morgan fingerprint density at radius 1 is 1.50 bits per heavy atom. The topological polar surface area (TPSA) is 29.5 Å². The van der Waals surface area contributed by atoms with Crippen molar-refractivity contribution in [3.05, 3.63) is 33.4 Å². The fraction of sp³-hybridized carbons (Fsp3) is 0.417. The van der Waals surface area contributed by atoms with Gasteiger partial charge in [0.1, 0.15) is 0 Å². The largest absolute Gasteiger partial charge is 0.379 e. The van der Waals surface area contributed by atoms with E-state index in [1.807, 2.05) is 31.3 Å². The fourth-order valence-electron chi connectivity index (χ4n) is 1.82. The van der Waals surface area contributed by atoms with Crippen molar-refractivity contribution in [2.45, 2.75) is 12.5 Å². The van der Waals surface area contributed by atoms with Crippen molar-refractivity contribution in [2.75, 3.05) is 20.3 Å². The number of carbonyl (C=O) groups excluding carboxylic acids is 1. The molecular formula is C12H14INO2. The second-order valence-electron chi connectivity index (χ2n) is 3.91. The molecule has 1 fully saturated rings. The first kappa shape index (κ1) is 11.9. The van der Waals surface area contributed by atoms with Crippen LogP contribution < -0.4 is 0 Å². The Morgan fingerprint density at radius 2 is 2.25 bits per heavy atom. The summed E-state index contributed by atoms with van der Waals surface area (Å²) in [6.45, 7) is 1.42. The molecule has 1 aromatic carbocycles. The lowest BCUT2D eigenvalue weighted by Crippen LogP contribution is -2.37. The molecule has 1 atom stereocenters. The van der Waals surface area contributed by atoms with Crippen molar-refractivity contribution in [1.29, 1.82) is 0 Å². The van der Waals surface area contributed by atoms with Gasteiger partial charge in [-0.05, 0) is 41.1 Å². The van der Waals surface area contributed by atoms with E-state index in [0.29, 0.717) is 6.61 Å². The summed E-state index contributed by atoms with van der Waals surface area (Å²) < 4.78 is 6.29. The van der Waals surface area contributed by atoms with Crippen molar-refractivity contribution < 1.29 is 9.53 Å². The van der Waals surface area contributed by atoms with Crippen molar-refractivity contribution in [1.82, 2.24) is 4.90 Å². The van der Waals surface area contributed by atoms with Gasteiger partial charge in [0, 0.05) is 17.2 Å². The molecule has 0 saturated carbocycles. The predicted octanol–water partition coefficient (Wildman–Crippen LogP) is 2.15. The molecule has 2 rings (SSSR count). The highest BCUT2D eigenvalue weighted by molar-refractivity contribution is 14.1. The molecule has 1 unspecified atom stereocenters. The van der Waals surface area contributed by atoms with E-state index in [4.69, 9.17) is 4.74 Å². The molecule has 0 radical (unpaired) electrons. The molecule has 0 N–H and O–H groups in total. The lowest BCUT2D eigenvalue weighted by atomic mass is 10.1. The number of hydrogen-bond donors (Lipinski definition) is 0. The number of ether oxygens (including phenoxy) is 1. The van der Waals surface area contributed by atoms with E-state index >= 15 is 0 Å². The third-order valence-electron chi connectivity index (χ3n) is 2.88. The highest BCUT2D eigenvalue weighted by Crippen LogP contribution is 2.17. The van der Waals surface area contributed by atoms with Gasteiger partial charge in [-0.3, -0.25) is 4.79 Å². The fourth-order valence-corrected chi connectivity index (χ4v) is 2.44. The number of amides is 1. The molecule has 86 valence electrons. The van der Waals surface area contributed by atoms with Crippen LogP contribution >= 0.6 is 22.6 Å². The van der Waals surface area contributed by atoms with Gasteiger partial charge >= 0.3 is 0 Å². The van der Waals surface area contributed by atoms with E-state index in [0.717, 1.165) is 22.2 Å². The van der Waals surface area contributed by atoms with Gasteiger partial charge in [0.05, 0.1) is 18.2 Å². The monoisotopic (exact) mass is 331 g/mol. The van der Waals surface area contributed by atoms with Crippen LogP contribution in [0.4, 0.5) is 0 Å². The summed E-state index contributed by atoms with van der Waals surface area (Å²) in [5.41, 5.74) is 0.775.